The highest BCUT2D eigenvalue weighted by molar-refractivity contribution is 7.07. The zero-order valence-corrected chi connectivity index (χ0v) is 14.6. The van der Waals surface area contributed by atoms with E-state index < -0.39 is 0 Å². The molecule has 3 aromatic rings. The fraction of sp³-hybridized carbons (Fsp3) is 0.158. The van der Waals surface area contributed by atoms with Crippen LogP contribution in [0.2, 0.25) is 0 Å². The zero-order chi connectivity index (χ0) is 17.2. The normalized spacial score (nSPS) is 14.1. The van der Waals surface area contributed by atoms with Gasteiger partial charge in [-0.3, -0.25) is 9.36 Å². The smallest absolute Gasteiger partial charge is 0.271 e. The van der Waals surface area contributed by atoms with E-state index in [-0.39, 0.29) is 5.56 Å². The highest BCUT2D eigenvalue weighted by Crippen LogP contribution is 2.20. The monoisotopic (exact) mass is 351 g/mol. The standard InChI is InChI=1S/C19H17N3O2S/c1-24-16-9-7-15(8-10-16)21-12-20-19-22(13-21)18(23)17(25-19)11-14-5-3-2-4-6-14/h2-11H,12-13H2,1H3/b17-11-. The first kappa shape index (κ1) is 15.7. The highest BCUT2D eigenvalue weighted by atomic mass is 32.1. The van der Waals surface area contributed by atoms with E-state index in [1.807, 2.05) is 60.7 Å². The molecule has 0 radical (unpaired) electrons. The molecular formula is C19H17N3O2S. The predicted octanol–water partition coefficient (Wildman–Crippen LogP) is 1.80. The fourth-order valence-corrected chi connectivity index (χ4v) is 3.73. The van der Waals surface area contributed by atoms with Crippen LogP contribution >= 0.6 is 11.3 Å². The first-order chi connectivity index (χ1) is 12.2. The molecule has 2 heterocycles. The molecule has 0 atom stereocenters. The lowest BCUT2D eigenvalue weighted by Gasteiger charge is -2.25. The number of aromatic nitrogens is 1. The summed E-state index contributed by atoms with van der Waals surface area (Å²) in [7, 11) is 1.65. The van der Waals surface area contributed by atoms with Gasteiger partial charge >= 0.3 is 0 Å². The Morgan fingerprint density at radius 3 is 2.60 bits per heavy atom. The molecule has 0 saturated heterocycles. The summed E-state index contributed by atoms with van der Waals surface area (Å²) in [6.45, 7) is 1.04. The van der Waals surface area contributed by atoms with Crippen LogP contribution in [0.15, 0.2) is 64.4 Å². The molecule has 0 amide bonds. The summed E-state index contributed by atoms with van der Waals surface area (Å²) in [4.78, 5) is 20.1. The average molecular weight is 351 g/mol. The summed E-state index contributed by atoms with van der Waals surface area (Å²) < 4.78 is 7.63. The van der Waals surface area contributed by atoms with Crippen LogP contribution in [0, 0.1) is 0 Å². The second-order valence-corrected chi connectivity index (χ2v) is 6.73. The maximum atomic E-state index is 12.7. The molecule has 0 unspecified atom stereocenters. The number of fused-ring (bicyclic) bond motifs is 1. The third kappa shape index (κ3) is 3.08. The molecule has 0 bridgehead atoms. The molecule has 1 aromatic heterocycles. The lowest BCUT2D eigenvalue weighted by Crippen LogP contribution is -2.42. The molecular weight excluding hydrogens is 334 g/mol. The van der Waals surface area contributed by atoms with Crippen molar-refractivity contribution in [2.45, 2.75) is 6.67 Å². The van der Waals surface area contributed by atoms with Crippen molar-refractivity contribution in [2.24, 2.45) is 4.99 Å². The second-order valence-electron chi connectivity index (χ2n) is 5.72. The van der Waals surface area contributed by atoms with Gasteiger partial charge in [0.05, 0.1) is 11.6 Å². The van der Waals surface area contributed by atoms with Gasteiger partial charge < -0.3 is 9.64 Å². The van der Waals surface area contributed by atoms with Crippen LogP contribution in [-0.4, -0.2) is 18.3 Å². The van der Waals surface area contributed by atoms with Gasteiger partial charge in [0, 0.05) is 5.69 Å². The van der Waals surface area contributed by atoms with Crippen molar-refractivity contribution in [3.8, 4) is 5.75 Å². The lowest BCUT2D eigenvalue weighted by atomic mass is 10.2. The summed E-state index contributed by atoms with van der Waals surface area (Å²) in [6.07, 6.45) is 1.92. The summed E-state index contributed by atoms with van der Waals surface area (Å²) >= 11 is 1.44. The number of hydrogen-bond acceptors (Lipinski definition) is 5. The van der Waals surface area contributed by atoms with Crippen molar-refractivity contribution < 1.29 is 4.74 Å². The third-order valence-electron chi connectivity index (χ3n) is 4.11. The minimum Gasteiger partial charge on any atom is -0.497 e. The summed E-state index contributed by atoms with van der Waals surface area (Å²) in [5.41, 5.74) is 2.04. The van der Waals surface area contributed by atoms with Crippen LogP contribution in [0.4, 0.5) is 5.69 Å². The van der Waals surface area contributed by atoms with E-state index in [2.05, 4.69) is 9.89 Å². The predicted molar refractivity (Wildman–Crippen MR) is 99.7 cm³/mol. The van der Waals surface area contributed by atoms with Crippen molar-refractivity contribution in [1.82, 2.24) is 4.57 Å². The first-order valence-corrected chi connectivity index (χ1v) is 8.76. The summed E-state index contributed by atoms with van der Waals surface area (Å²) in [5.74, 6) is 0.811. The first-order valence-electron chi connectivity index (χ1n) is 7.94. The van der Waals surface area contributed by atoms with E-state index in [1.54, 1.807) is 11.7 Å². The number of hydrogen-bond donors (Lipinski definition) is 0. The van der Waals surface area contributed by atoms with Crippen LogP contribution in [0.1, 0.15) is 5.56 Å². The van der Waals surface area contributed by atoms with Crippen LogP contribution in [0.5, 0.6) is 5.75 Å². The number of benzene rings is 2. The molecule has 0 aliphatic carbocycles. The Balaban J connectivity index is 1.68. The largest absolute Gasteiger partial charge is 0.497 e. The molecule has 4 rings (SSSR count). The molecule has 0 N–H and O–H groups in total. The Bertz CT molecular complexity index is 1050. The maximum Gasteiger partial charge on any atom is 0.271 e. The van der Waals surface area contributed by atoms with E-state index in [4.69, 9.17) is 4.74 Å². The quantitative estimate of drug-likeness (QED) is 0.723. The number of nitrogens with zero attached hydrogens (tertiary/aromatic N) is 3. The van der Waals surface area contributed by atoms with Crippen molar-refractivity contribution in [3.05, 3.63) is 79.8 Å². The minimum atomic E-state index is 0.00538. The Hall–Kier alpha value is -2.86. The van der Waals surface area contributed by atoms with Gasteiger partial charge in [-0.05, 0) is 35.9 Å². The summed E-state index contributed by atoms with van der Waals surface area (Å²) in [6, 6.07) is 17.7. The highest BCUT2D eigenvalue weighted by Gasteiger charge is 2.15. The molecule has 126 valence electrons. The van der Waals surface area contributed by atoms with E-state index in [0.29, 0.717) is 17.9 Å². The minimum absolute atomic E-state index is 0.00538. The van der Waals surface area contributed by atoms with Crippen molar-refractivity contribution in [2.75, 3.05) is 18.7 Å². The maximum absolute atomic E-state index is 12.7. The number of ether oxygens (including phenoxy) is 1. The van der Waals surface area contributed by atoms with E-state index in [1.165, 1.54) is 11.3 Å². The lowest BCUT2D eigenvalue weighted by molar-refractivity contribution is 0.414. The Morgan fingerprint density at radius 1 is 1.12 bits per heavy atom. The van der Waals surface area contributed by atoms with E-state index >= 15 is 0 Å². The molecule has 25 heavy (non-hydrogen) atoms. The topological polar surface area (TPSA) is 46.8 Å². The Kier molecular flexibility index (Phi) is 4.11. The van der Waals surface area contributed by atoms with Crippen LogP contribution in [0.25, 0.3) is 6.08 Å². The molecule has 5 nitrogen and oxygen atoms in total. The molecule has 1 aliphatic rings. The van der Waals surface area contributed by atoms with Gasteiger partial charge in [0.2, 0.25) is 0 Å². The fourth-order valence-electron chi connectivity index (χ4n) is 2.77. The van der Waals surface area contributed by atoms with Crippen molar-refractivity contribution in [3.63, 3.8) is 0 Å². The van der Waals surface area contributed by atoms with Gasteiger partial charge in [0.25, 0.3) is 5.56 Å². The van der Waals surface area contributed by atoms with Gasteiger partial charge in [0.1, 0.15) is 19.1 Å². The Morgan fingerprint density at radius 2 is 1.88 bits per heavy atom. The van der Waals surface area contributed by atoms with Gasteiger partial charge in [-0.15, -0.1) is 0 Å². The van der Waals surface area contributed by atoms with Crippen LogP contribution < -0.4 is 24.5 Å². The molecule has 0 fully saturated rings. The third-order valence-corrected chi connectivity index (χ3v) is 5.16. The molecule has 6 heteroatoms. The number of methoxy groups -OCH3 is 1. The molecule has 1 aliphatic heterocycles. The molecule has 0 saturated carbocycles. The van der Waals surface area contributed by atoms with Gasteiger partial charge in [-0.1, -0.05) is 41.7 Å². The van der Waals surface area contributed by atoms with Gasteiger partial charge in [-0.25, -0.2) is 4.99 Å². The van der Waals surface area contributed by atoms with Crippen LogP contribution in [0.3, 0.4) is 0 Å². The zero-order valence-electron chi connectivity index (χ0n) is 13.8. The van der Waals surface area contributed by atoms with Gasteiger partial charge in [0.15, 0.2) is 4.80 Å². The number of thiazole rings is 1. The van der Waals surface area contributed by atoms with Crippen molar-refractivity contribution in [1.29, 1.82) is 0 Å². The Labute approximate surface area is 148 Å². The second kappa shape index (κ2) is 6.57. The SMILES string of the molecule is COc1ccc(N2CN=c3s/c(=C\c4ccccc4)c(=O)n3C2)cc1. The van der Waals surface area contributed by atoms with E-state index in [9.17, 15) is 4.79 Å². The number of rotatable bonds is 3. The van der Waals surface area contributed by atoms with Gasteiger partial charge in [-0.2, -0.15) is 0 Å². The average Bonchev–Trinajstić information content (AvgIpc) is 2.98. The van der Waals surface area contributed by atoms with Crippen LogP contribution in [-0.2, 0) is 6.67 Å². The number of anilines is 1. The van der Waals surface area contributed by atoms with Crippen molar-refractivity contribution >= 4 is 23.1 Å². The molecule has 2 aromatic carbocycles. The van der Waals surface area contributed by atoms with E-state index in [0.717, 1.165) is 21.8 Å². The molecule has 0 spiro atoms. The summed E-state index contributed by atoms with van der Waals surface area (Å²) in [5, 5.41) is 0.